The second kappa shape index (κ2) is 10.7. The zero-order chi connectivity index (χ0) is 16.7. The molecule has 3 N–H and O–H groups in total. The maximum Gasteiger partial charge on any atom is 0.387 e. The number of hydrogen-bond acceptors (Lipinski definition) is 3. The molecule has 0 unspecified atom stereocenters. The fraction of sp³-hybridized carbons (Fsp3) is 0.267. The summed E-state index contributed by atoms with van der Waals surface area (Å²) >= 11 is 7.54. The molecule has 132 valence electrons. The van der Waals surface area contributed by atoms with Crippen molar-refractivity contribution in [2.24, 2.45) is 10.7 Å². The number of guanidine groups is 1. The fourth-order valence-corrected chi connectivity index (χ4v) is 2.78. The molecule has 1 heterocycles. The standard InChI is InChI=1S/C15H16ClF2N3OS.HI/c16-11-3-4-13(22-14(17)18)10(8-11)9-21-15(19)20-6-5-12-2-1-7-23-12;/h1-4,7-8,14H,5-6,9H2,(H3,19,20,21);1H. The predicted octanol–water partition coefficient (Wildman–Crippen LogP) is 4.27. The summed E-state index contributed by atoms with van der Waals surface area (Å²) in [5, 5.41) is 5.41. The average molecular weight is 488 g/mol. The van der Waals surface area contributed by atoms with E-state index < -0.39 is 6.61 Å². The Balaban J connectivity index is 0.00000288. The topological polar surface area (TPSA) is 59.6 Å². The first-order valence-corrected chi connectivity index (χ1v) is 8.10. The van der Waals surface area contributed by atoms with E-state index in [1.165, 1.54) is 23.1 Å². The highest BCUT2D eigenvalue weighted by atomic mass is 127. The van der Waals surface area contributed by atoms with E-state index >= 15 is 0 Å². The maximum absolute atomic E-state index is 12.4. The molecule has 24 heavy (non-hydrogen) atoms. The van der Waals surface area contributed by atoms with Gasteiger partial charge in [-0.25, -0.2) is 4.99 Å². The highest BCUT2D eigenvalue weighted by Crippen LogP contribution is 2.25. The molecule has 2 rings (SSSR count). The molecule has 0 spiro atoms. The lowest BCUT2D eigenvalue weighted by Gasteiger charge is -2.10. The Morgan fingerprint density at radius 2 is 2.17 bits per heavy atom. The van der Waals surface area contributed by atoms with Crippen LogP contribution in [0.15, 0.2) is 40.7 Å². The smallest absolute Gasteiger partial charge is 0.387 e. The van der Waals surface area contributed by atoms with E-state index in [-0.39, 0.29) is 42.2 Å². The highest BCUT2D eigenvalue weighted by molar-refractivity contribution is 14.0. The number of alkyl halides is 2. The van der Waals surface area contributed by atoms with E-state index in [1.807, 2.05) is 17.5 Å². The summed E-state index contributed by atoms with van der Waals surface area (Å²) in [7, 11) is 0. The molecule has 2 aromatic rings. The van der Waals surface area contributed by atoms with Crippen LogP contribution in [-0.4, -0.2) is 19.1 Å². The molecule has 1 aromatic heterocycles. The minimum atomic E-state index is -2.90. The van der Waals surface area contributed by atoms with E-state index in [9.17, 15) is 8.78 Å². The minimum Gasteiger partial charge on any atom is -0.434 e. The van der Waals surface area contributed by atoms with Gasteiger partial charge in [0, 0.05) is 22.0 Å². The largest absolute Gasteiger partial charge is 0.434 e. The number of nitrogens with zero attached hydrogens (tertiary/aromatic N) is 1. The molecule has 9 heteroatoms. The number of nitrogens with two attached hydrogens (primary N) is 1. The zero-order valence-electron chi connectivity index (χ0n) is 12.5. The zero-order valence-corrected chi connectivity index (χ0v) is 16.4. The van der Waals surface area contributed by atoms with E-state index in [0.29, 0.717) is 17.1 Å². The van der Waals surface area contributed by atoms with Crippen molar-refractivity contribution in [1.82, 2.24) is 5.32 Å². The molecular weight excluding hydrogens is 471 g/mol. The van der Waals surface area contributed by atoms with Crippen molar-refractivity contribution in [3.63, 3.8) is 0 Å². The summed E-state index contributed by atoms with van der Waals surface area (Å²) < 4.78 is 29.2. The molecule has 0 amide bonds. The number of thiophene rings is 1. The van der Waals surface area contributed by atoms with Crippen LogP contribution >= 0.6 is 46.9 Å². The van der Waals surface area contributed by atoms with Crippen LogP contribution in [0.2, 0.25) is 5.02 Å². The number of ether oxygens (including phenoxy) is 1. The van der Waals surface area contributed by atoms with Gasteiger partial charge in [0.2, 0.25) is 0 Å². The Bertz CT molecular complexity index is 656. The third-order valence-corrected chi connectivity index (χ3v) is 4.09. The van der Waals surface area contributed by atoms with Crippen molar-refractivity contribution in [2.45, 2.75) is 19.6 Å². The minimum absolute atomic E-state index is 0. The van der Waals surface area contributed by atoms with Gasteiger partial charge in [0.1, 0.15) is 5.75 Å². The third kappa shape index (κ3) is 7.18. The average Bonchev–Trinajstić information content (AvgIpc) is 3.00. The Hall–Kier alpha value is -1.13. The maximum atomic E-state index is 12.4. The first-order chi connectivity index (χ1) is 11.0. The van der Waals surface area contributed by atoms with Crippen molar-refractivity contribution in [1.29, 1.82) is 0 Å². The van der Waals surface area contributed by atoms with Crippen LogP contribution in [-0.2, 0) is 13.0 Å². The number of rotatable bonds is 7. The molecule has 1 aromatic carbocycles. The molecule has 0 saturated carbocycles. The van der Waals surface area contributed by atoms with E-state index in [4.69, 9.17) is 17.3 Å². The van der Waals surface area contributed by atoms with Crippen LogP contribution in [0.3, 0.4) is 0 Å². The molecule has 0 aliphatic heterocycles. The van der Waals surface area contributed by atoms with Crippen LogP contribution in [0.4, 0.5) is 8.78 Å². The fourth-order valence-electron chi connectivity index (χ4n) is 1.88. The number of hydrogen-bond donors (Lipinski definition) is 2. The molecule has 4 nitrogen and oxygen atoms in total. The Kier molecular flexibility index (Phi) is 9.30. The van der Waals surface area contributed by atoms with Gasteiger partial charge in [0.05, 0.1) is 6.54 Å². The number of halogens is 4. The van der Waals surface area contributed by atoms with Crippen molar-refractivity contribution in [3.8, 4) is 5.75 Å². The van der Waals surface area contributed by atoms with Gasteiger partial charge >= 0.3 is 6.61 Å². The number of nitrogens with one attached hydrogen (secondary N) is 1. The van der Waals surface area contributed by atoms with Crippen LogP contribution in [0.25, 0.3) is 0 Å². The van der Waals surface area contributed by atoms with Gasteiger partial charge in [-0.1, -0.05) is 17.7 Å². The van der Waals surface area contributed by atoms with Crippen LogP contribution in [0, 0.1) is 0 Å². The van der Waals surface area contributed by atoms with Gasteiger partial charge in [-0.2, -0.15) is 8.78 Å². The van der Waals surface area contributed by atoms with Crippen molar-refractivity contribution in [2.75, 3.05) is 6.54 Å². The van der Waals surface area contributed by atoms with Gasteiger partial charge < -0.3 is 15.8 Å². The normalized spacial score (nSPS) is 11.2. The number of aliphatic imine (C=N–C) groups is 1. The Morgan fingerprint density at radius 1 is 1.38 bits per heavy atom. The van der Waals surface area contributed by atoms with Crippen molar-refractivity contribution < 1.29 is 13.5 Å². The first kappa shape index (κ1) is 20.9. The summed E-state index contributed by atoms with van der Waals surface area (Å²) in [6.45, 7) is -2.16. The molecule has 0 aliphatic rings. The quantitative estimate of drug-likeness (QED) is 0.348. The van der Waals surface area contributed by atoms with Crippen LogP contribution < -0.4 is 15.8 Å². The molecule has 0 atom stereocenters. The summed E-state index contributed by atoms with van der Waals surface area (Å²) in [6, 6.07) is 8.43. The molecular formula is C15H17ClF2IN3OS. The Labute approximate surface area is 165 Å². The summed E-state index contributed by atoms with van der Waals surface area (Å²) in [4.78, 5) is 5.37. The molecule has 0 aliphatic carbocycles. The van der Waals surface area contributed by atoms with Crippen LogP contribution in [0.5, 0.6) is 5.75 Å². The van der Waals surface area contributed by atoms with E-state index in [0.717, 1.165) is 6.42 Å². The summed E-state index contributed by atoms with van der Waals surface area (Å²) in [5.74, 6) is 0.282. The molecule has 0 radical (unpaired) electrons. The monoisotopic (exact) mass is 487 g/mol. The van der Waals surface area contributed by atoms with Crippen molar-refractivity contribution >= 4 is 52.9 Å². The summed E-state index contributed by atoms with van der Waals surface area (Å²) in [5.41, 5.74) is 6.22. The van der Waals surface area contributed by atoms with Crippen LogP contribution in [0.1, 0.15) is 10.4 Å². The van der Waals surface area contributed by atoms with Gasteiger partial charge in [0.25, 0.3) is 0 Å². The summed E-state index contributed by atoms with van der Waals surface area (Å²) in [6.07, 6.45) is 0.838. The highest BCUT2D eigenvalue weighted by Gasteiger charge is 2.10. The number of benzene rings is 1. The van der Waals surface area contributed by atoms with Gasteiger partial charge in [-0.3, -0.25) is 0 Å². The third-order valence-electron chi connectivity index (χ3n) is 2.92. The molecule has 0 fully saturated rings. The molecule has 0 bridgehead atoms. The van der Waals surface area contributed by atoms with E-state index in [2.05, 4.69) is 15.0 Å². The van der Waals surface area contributed by atoms with Gasteiger partial charge in [-0.15, -0.1) is 35.3 Å². The predicted molar refractivity (Wildman–Crippen MR) is 105 cm³/mol. The van der Waals surface area contributed by atoms with Gasteiger partial charge in [-0.05, 0) is 36.1 Å². The first-order valence-electron chi connectivity index (χ1n) is 6.84. The van der Waals surface area contributed by atoms with E-state index in [1.54, 1.807) is 11.3 Å². The van der Waals surface area contributed by atoms with Gasteiger partial charge in [0.15, 0.2) is 5.96 Å². The lowest BCUT2D eigenvalue weighted by Crippen LogP contribution is -2.33. The molecule has 0 saturated heterocycles. The Morgan fingerprint density at radius 3 is 2.83 bits per heavy atom. The SMILES string of the molecule is I.NC(=NCc1cc(Cl)ccc1OC(F)F)NCCc1cccs1. The van der Waals surface area contributed by atoms with Crippen molar-refractivity contribution in [3.05, 3.63) is 51.2 Å². The lowest BCUT2D eigenvalue weighted by atomic mass is 10.2. The second-order valence-electron chi connectivity index (χ2n) is 4.59. The lowest BCUT2D eigenvalue weighted by molar-refractivity contribution is -0.0504. The second-order valence-corrected chi connectivity index (χ2v) is 6.06.